The number of hydrogen-bond acceptors (Lipinski definition) is 4. The molecule has 2 atom stereocenters. The van der Waals surface area contributed by atoms with Crippen LogP contribution in [-0.2, 0) is 6.18 Å². The first-order valence-electron chi connectivity index (χ1n) is 5.48. The number of rotatable bonds is 5. The molecule has 0 amide bonds. The summed E-state index contributed by atoms with van der Waals surface area (Å²) >= 11 is 0. The SMILES string of the molecule is CNCC(O)C(O)c1ccc(C=O)c(C(F)(F)F)c1. The molecule has 0 saturated carbocycles. The van der Waals surface area contributed by atoms with Crippen molar-refractivity contribution in [3.8, 4) is 0 Å². The molecule has 0 radical (unpaired) electrons. The van der Waals surface area contributed by atoms with Crippen LogP contribution in [0.25, 0.3) is 0 Å². The molecule has 2 unspecified atom stereocenters. The summed E-state index contributed by atoms with van der Waals surface area (Å²) < 4.78 is 38.1. The van der Waals surface area contributed by atoms with Gasteiger partial charge in [-0.15, -0.1) is 0 Å². The van der Waals surface area contributed by atoms with Crippen LogP contribution in [0.5, 0.6) is 0 Å². The lowest BCUT2D eigenvalue weighted by molar-refractivity contribution is -0.138. The molecule has 1 aromatic rings. The van der Waals surface area contributed by atoms with E-state index in [9.17, 15) is 28.2 Å². The van der Waals surface area contributed by atoms with Gasteiger partial charge < -0.3 is 15.5 Å². The van der Waals surface area contributed by atoms with Gasteiger partial charge in [0.25, 0.3) is 0 Å². The first-order valence-corrected chi connectivity index (χ1v) is 5.48. The van der Waals surface area contributed by atoms with Gasteiger partial charge in [-0.2, -0.15) is 13.2 Å². The molecule has 0 fully saturated rings. The smallest absolute Gasteiger partial charge is 0.389 e. The monoisotopic (exact) mass is 277 g/mol. The van der Waals surface area contributed by atoms with Gasteiger partial charge in [0.15, 0.2) is 6.29 Å². The number of nitrogens with one attached hydrogen (secondary N) is 1. The summed E-state index contributed by atoms with van der Waals surface area (Å²) in [5, 5.41) is 21.9. The Morgan fingerprint density at radius 2 is 2.00 bits per heavy atom. The lowest BCUT2D eigenvalue weighted by Crippen LogP contribution is -2.29. The van der Waals surface area contributed by atoms with Crippen LogP contribution in [-0.4, -0.2) is 36.2 Å². The number of aliphatic hydroxyl groups excluding tert-OH is 2. The van der Waals surface area contributed by atoms with E-state index in [0.717, 1.165) is 6.07 Å². The number of halogens is 3. The van der Waals surface area contributed by atoms with Gasteiger partial charge in [0.1, 0.15) is 6.10 Å². The van der Waals surface area contributed by atoms with Gasteiger partial charge >= 0.3 is 6.18 Å². The van der Waals surface area contributed by atoms with Gasteiger partial charge in [-0.3, -0.25) is 4.79 Å². The average Bonchev–Trinajstić information content (AvgIpc) is 2.36. The minimum absolute atomic E-state index is 0.0257. The van der Waals surface area contributed by atoms with Crippen LogP contribution < -0.4 is 5.32 Å². The fourth-order valence-electron chi connectivity index (χ4n) is 1.65. The van der Waals surface area contributed by atoms with Crippen molar-refractivity contribution in [1.82, 2.24) is 5.32 Å². The average molecular weight is 277 g/mol. The number of likely N-dealkylation sites (N-methyl/N-ethyl adjacent to an activating group) is 1. The van der Waals surface area contributed by atoms with E-state index in [2.05, 4.69) is 5.32 Å². The Morgan fingerprint density at radius 3 is 2.47 bits per heavy atom. The number of hydrogen-bond donors (Lipinski definition) is 3. The molecular weight excluding hydrogens is 263 g/mol. The van der Waals surface area contributed by atoms with Gasteiger partial charge in [-0.05, 0) is 18.7 Å². The number of aliphatic hydroxyl groups is 2. The molecule has 0 aliphatic rings. The van der Waals surface area contributed by atoms with Crippen LogP contribution >= 0.6 is 0 Å². The maximum Gasteiger partial charge on any atom is 0.417 e. The van der Waals surface area contributed by atoms with Gasteiger partial charge in [0.05, 0.1) is 11.7 Å². The summed E-state index contributed by atoms with van der Waals surface area (Å²) in [4.78, 5) is 10.6. The molecule has 0 heterocycles. The Balaban J connectivity index is 3.15. The van der Waals surface area contributed by atoms with Gasteiger partial charge in [-0.1, -0.05) is 12.1 Å². The zero-order valence-electron chi connectivity index (χ0n) is 10.1. The van der Waals surface area contributed by atoms with Crippen LogP contribution in [0.1, 0.15) is 27.6 Å². The maximum atomic E-state index is 12.7. The van der Waals surface area contributed by atoms with Crippen LogP contribution in [0.4, 0.5) is 13.2 Å². The summed E-state index contributed by atoms with van der Waals surface area (Å²) in [7, 11) is 1.53. The summed E-state index contributed by atoms with van der Waals surface area (Å²) in [6, 6.07) is 2.83. The van der Waals surface area contributed by atoms with Crippen LogP contribution in [0.15, 0.2) is 18.2 Å². The number of benzene rings is 1. The summed E-state index contributed by atoms with van der Waals surface area (Å²) in [6.45, 7) is 0.0257. The molecule has 4 nitrogen and oxygen atoms in total. The topological polar surface area (TPSA) is 69.6 Å². The second kappa shape index (κ2) is 6.14. The molecule has 3 N–H and O–H groups in total. The first kappa shape index (κ1) is 15.6. The van der Waals surface area contributed by atoms with Crippen molar-refractivity contribution in [3.63, 3.8) is 0 Å². The summed E-state index contributed by atoms with van der Waals surface area (Å²) in [6.07, 6.45) is -7.30. The molecule has 1 rings (SSSR count). The van der Waals surface area contributed by atoms with E-state index in [0.29, 0.717) is 6.07 Å². The minimum atomic E-state index is -4.69. The van der Waals surface area contributed by atoms with E-state index >= 15 is 0 Å². The fraction of sp³-hybridized carbons (Fsp3) is 0.417. The Morgan fingerprint density at radius 1 is 1.37 bits per heavy atom. The number of carbonyl (C=O) groups excluding carboxylic acids is 1. The predicted molar refractivity (Wildman–Crippen MR) is 61.7 cm³/mol. The molecule has 0 aliphatic carbocycles. The highest BCUT2D eigenvalue weighted by molar-refractivity contribution is 5.77. The van der Waals surface area contributed by atoms with Crippen molar-refractivity contribution >= 4 is 6.29 Å². The second-order valence-corrected chi connectivity index (χ2v) is 4.03. The Labute approximate surface area is 107 Å². The summed E-state index contributed by atoms with van der Waals surface area (Å²) in [5.41, 5.74) is -1.73. The van der Waals surface area contributed by atoms with Gasteiger partial charge in [-0.25, -0.2) is 0 Å². The highest BCUT2D eigenvalue weighted by atomic mass is 19.4. The molecule has 0 saturated heterocycles. The maximum absolute atomic E-state index is 12.7. The van der Waals surface area contributed by atoms with Crippen molar-refractivity contribution < 1.29 is 28.2 Å². The van der Waals surface area contributed by atoms with Crippen LogP contribution in [0, 0.1) is 0 Å². The van der Waals surface area contributed by atoms with E-state index in [1.54, 1.807) is 0 Å². The van der Waals surface area contributed by atoms with Crippen molar-refractivity contribution in [2.24, 2.45) is 0 Å². The van der Waals surface area contributed by atoms with E-state index in [4.69, 9.17) is 0 Å². The van der Waals surface area contributed by atoms with E-state index in [1.165, 1.54) is 13.1 Å². The molecule has 0 bridgehead atoms. The third kappa shape index (κ3) is 3.76. The van der Waals surface area contributed by atoms with Crippen molar-refractivity contribution in [2.75, 3.05) is 13.6 Å². The fourth-order valence-corrected chi connectivity index (χ4v) is 1.65. The minimum Gasteiger partial charge on any atom is -0.389 e. The molecular formula is C12H14F3NO3. The lowest BCUT2D eigenvalue weighted by Gasteiger charge is -2.19. The Bertz CT molecular complexity index is 448. The van der Waals surface area contributed by atoms with Gasteiger partial charge in [0.2, 0.25) is 0 Å². The largest absolute Gasteiger partial charge is 0.417 e. The molecule has 0 spiro atoms. The zero-order valence-corrected chi connectivity index (χ0v) is 10.1. The van der Waals surface area contributed by atoms with Crippen molar-refractivity contribution in [2.45, 2.75) is 18.4 Å². The van der Waals surface area contributed by atoms with Crippen LogP contribution in [0.3, 0.4) is 0 Å². The highest BCUT2D eigenvalue weighted by Gasteiger charge is 2.34. The first-order chi connectivity index (χ1) is 8.81. The summed E-state index contributed by atoms with van der Waals surface area (Å²) in [5.74, 6) is 0. The normalized spacial score (nSPS) is 15.1. The predicted octanol–water partition coefficient (Wildman–Crippen LogP) is 1.13. The molecule has 1 aromatic carbocycles. The van der Waals surface area contributed by atoms with Crippen molar-refractivity contribution in [1.29, 1.82) is 0 Å². The Hall–Kier alpha value is -1.44. The van der Waals surface area contributed by atoms with Crippen LogP contribution in [0.2, 0.25) is 0 Å². The standard InChI is InChI=1S/C12H14F3NO3/c1-16-5-10(18)11(19)7-2-3-8(6-17)9(4-7)12(13,14)15/h2-4,6,10-11,16,18-19H,5H2,1H3. The highest BCUT2D eigenvalue weighted by Crippen LogP contribution is 2.33. The third-order valence-electron chi connectivity index (χ3n) is 2.63. The third-order valence-corrected chi connectivity index (χ3v) is 2.63. The Kier molecular flexibility index (Phi) is 5.04. The van der Waals surface area contributed by atoms with Gasteiger partial charge in [0, 0.05) is 12.1 Å². The number of alkyl halides is 3. The van der Waals surface area contributed by atoms with E-state index < -0.39 is 29.5 Å². The molecule has 0 aromatic heterocycles. The second-order valence-electron chi connectivity index (χ2n) is 4.03. The molecule has 19 heavy (non-hydrogen) atoms. The zero-order chi connectivity index (χ0) is 14.6. The van der Waals surface area contributed by atoms with E-state index in [-0.39, 0.29) is 18.4 Å². The van der Waals surface area contributed by atoms with Crippen molar-refractivity contribution in [3.05, 3.63) is 34.9 Å². The number of carbonyl (C=O) groups is 1. The van der Waals surface area contributed by atoms with E-state index in [1.807, 2.05) is 0 Å². The molecule has 0 aliphatic heterocycles. The lowest BCUT2D eigenvalue weighted by atomic mass is 9.98. The number of aldehydes is 1. The molecule has 106 valence electrons. The quantitative estimate of drug-likeness (QED) is 0.706. The molecule has 7 heteroatoms.